The number of rotatable bonds is 7. The smallest absolute Gasteiger partial charge is 0.142 e. The van der Waals surface area contributed by atoms with Crippen LogP contribution in [0.3, 0.4) is 0 Å². The van der Waals surface area contributed by atoms with Gasteiger partial charge in [-0.15, -0.1) is 0 Å². The zero-order valence-electron chi connectivity index (χ0n) is 10.3. The van der Waals surface area contributed by atoms with E-state index in [2.05, 4.69) is 5.32 Å². The number of unbranched alkanes of at least 4 members (excludes halogenated alkanes) is 2. The molecule has 5 heteroatoms. The SMILES string of the molecule is CC(NCCCCCO)c1c(Cl)ccc(F)c1Cl. The van der Waals surface area contributed by atoms with Crippen LogP contribution in [0.5, 0.6) is 0 Å². The molecule has 0 heterocycles. The van der Waals surface area contributed by atoms with E-state index in [0.717, 1.165) is 25.8 Å². The van der Waals surface area contributed by atoms with Gasteiger partial charge in [0.1, 0.15) is 5.82 Å². The number of hydrogen-bond acceptors (Lipinski definition) is 2. The molecule has 0 amide bonds. The number of aliphatic hydroxyl groups excluding tert-OH is 1. The standard InChI is InChI=1S/C13H18Cl2FNO/c1-9(17-7-3-2-4-8-18)12-10(14)5-6-11(16)13(12)15/h5-6,9,17-18H,2-4,7-8H2,1H3. The van der Waals surface area contributed by atoms with Crippen molar-refractivity contribution >= 4 is 23.2 Å². The van der Waals surface area contributed by atoms with Gasteiger partial charge in [0.05, 0.1) is 5.02 Å². The fraction of sp³-hybridized carbons (Fsp3) is 0.538. The zero-order chi connectivity index (χ0) is 13.5. The van der Waals surface area contributed by atoms with Gasteiger partial charge in [-0.3, -0.25) is 0 Å². The first-order chi connectivity index (χ1) is 8.57. The molecule has 0 fully saturated rings. The summed E-state index contributed by atoms with van der Waals surface area (Å²) in [5.74, 6) is -0.454. The summed E-state index contributed by atoms with van der Waals surface area (Å²) in [6, 6.07) is 2.68. The van der Waals surface area contributed by atoms with E-state index in [0.29, 0.717) is 10.6 Å². The monoisotopic (exact) mass is 293 g/mol. The Morgan fingerprint density at radius 2 is 2.00 bits per heavy atom. The highest BCUT2D eigenvalue weighted by molar-refractivity contribution is 6.36. The van der Waals surface area contributed by atoms with Crippen molar-refractivity contribution in [3.05, 3.63) is 33.6 Å². The Balaban J connectivity index is 2.56. The molecule has 0 spiro atoms. The Morgan fingerprint density at radius 3 is 2.67 bits per heavy atom. The van der Waals surface area contributed by atoms with Crippen LogP contribution in [0, 0.1) is 5.82 Å². The number of hydrogen-bond donors (Lipinski definition) is 2. The lowest BCUT2D eigenvalue weighted by Gasteiger charge is -2.17. The molecule has 1 aromatic rings. The Morgan fingerprint density at radius 1 is 1.28 bits per heavy atom. The summed E-state index contributed by atoms with van der Waals surface area (Å²) in [6.45, 7) is 2.90. The lowest BCUT2D eigenvalue weighted by atomic mass is 10.1. The summed E-state index contributed by atoms with van der Waals surface area (Å²) in [5, 5.41) is 12.5. The molecule has 18 heavy (non-hydrogen) atoms. The number of nitrogens with one attached hydrogen (secondary N) is 1. The fourth-order valence-electron chi connectivity index (χ4n) is 1.77. The van der Waals surface area contributed by atoms with E-state index in [1.54, 1.807) is 0 Å². The lowest BCUT2D eigenvalue weighted by molar-refractivity contribution is 0.282. The van der Waals surface area contributed by atoms with Crippen LogP contribution in [0.1, 0.15) is 37.8 Å². The maximum atomic E-state index is 13.4. The highest BCUT2D eigenvalue weighted by Crippen LogP contribution is 2.32. The summed E-state index contributed by atoms with van der Waals surface area (Å²) in [4.78, 5) is 0. The molecule has 2 N–H and O–H groups in total. The maximum absolute atomic E-state index is 13.4. The summed E-state index contributed by atoms with van der Waals surface area (Å²) < 4.78 is 13.4. The quantitative estimate of drug-likeness (QED) is 0.589. The van der Waals surface area contributed by atoms with E-state index in [-0.39, 0.29) is 17.7 Å². The van der Waals surface area contributed by atoms with Crippen molar-refractivity contribution in [1.82, 2.24) is 5.32 Å². The van der Waals surface area contributed by atoms with E-state index in [9.17, 15) is 4.39 Å². The van der Waals surface area contributed by atoms with Gasteiger partial charge in [-0.05, 0) is 44.9 Å². The van der Waals surface area contributed by atoms with Crippen LogP contribution in [-0.2, 0) is 0 Å². The van der Waals surface area contributed by atoms with Crippen LogP contribution in [0.25, 0.3) is 0 Å². The minimum Gasteiger partial charge on any atom is -0.396 e. The molecular weight excluding hydrogens is 276 g/mol. The molecule has 0 saturated heterocycles. The van der Waals surface area contributed by atoms with E-state index >= 15 is 0 Å². The Bertz CT molecular complexity index is 387. The minimum atomic E-state index is -0.454. The van der Waals surface area contributed by atoms with Gasteiger partial charge in [-0.25, -0.2) is 4.39 Å². The van der Waals surface area contributed by atoms with Gasteiger partial charge >= 0.3 is 0 Å². The third-order valence-corrected chi connectivity index (χ3v) is 3.51. The number of benzene rings is 1. The molecule has 1 unspecified atom stereocenters. The molecule has 0 aromatic heterocycles. The Hall–Kier alpha value is -0.350. The van der Waals surface area contributed by atoms with Gasteiger partial charge in [0, 0.05) is 23.2 Å². The predicted octanol–water partition coefficient (Wildman–Crippen LogP) is 3.95. The molecule has 1 aromatic carbocycles. The summed E-state index contributed by atoms with van der Waals surface area (Å²) in [6.07, 6.45) is 2.72. The van der Waals surface area contributed by atoms with Crippen LogP contribution < -0.4 is 5.32 Å². The van der Waals surface area contributed by atoms with Crippen LogP contribution in [-0.4, -0.2) is 18.3 Å². The predicted molar refractivity (Wildman–Crippen MR) is 73.8 cm³/mol. The zero-order valence-corrected chi connectivity index (χ0v) is 11.9. The van der Waals surface area contributed by atoms with E-state index in [1.807, 2.05) is 6.92 Å². The summed E-state index contributed by atoms with van der Waals surface area (Å²) >= 11 is 12.0. The normalized spacial score (nSPS) is 12.7. The van der Waals surface area contributed by atoms with Crippen molar-refractivity contribution in [3.8, 4) is 0 Å². The van der Waals surface area contributed by atoms with Crippen molar-refractivity contribution in [2.75, 3.05) is 13.2 Å². The third-order valence-electron chi connectivity index (χ3n) is 2.80. The maximum Gasteiger partial charge on any atom is 0.142 e. The van der Waals surface area contributed by atoms with Crippen molar-refractivity contribution in [1.29, 1.82) is 0 Å². The molecule has 0 radical (unpaired) electrons. The first-order valence-corrected chi connectivity index (χ1v) is 6.81. The molecule has 102 valence electrons. The second-order valence-corrected chi connectivity index (χ2v) is 5.00. The molecule has 2 nitrogen and oxygen atoms in total. The number of aliphatic hydroxyl groups is 1. The largest absolute Gasteiger partial charge is 0.396 e. The van der Waals surface area contributed by atoms with Crippen molar-refractivity contribution < 1.29 is 9.50 Å². The first kappa shape index (κ1) is 15.7. The van der Waals surface area contributed by atoms with Crippen LogP contribution >= 0.6 is 23.2 Å². The highest BCUT2D eigenvalue weighted by atomic mass is 35.5. The van der Waals surface area contributed by atoms with E-state index < -0.39 is 5.82 Å². The topological polar surface area (TPSA) is 32.3 Å². The van der Waals surface area contributed by atoms with Gasteiger partial charge in [0.25, 0.3) is 0 Å². The average molecular weight is 294 g/mol. The lowest BCUT2D eigenvalue weighted by Crippen LogP contribution is -2.20. The van der Waals surface area contributed by atoms with Gasteiger partial charge < -0.3 is 10.4 Å². The molecule has 0 aliphatic rings. The van der Waals surface area contributed by atoms with Crippen LogP contribution in [0.4, 0.5) is 4.39 Å². The van der Waals surface area contributed by atoms with Crippen molar-refractivity contribution in [3.63, 3.8) is 0 Å². The summed E-state index contributed by atoms with van der Waals surface area (Å²) in [5.41, 5.74) is 0.598. The van der Waals surface area contributed by atoms with Gasteiger partial charge in [0.2, 0.25) is 0 Å². The van der Waals surface area contributed by atoms with Gasteiger partial charge in [-0.1, -0.05) is 23.2 Å². The molecule has 0 aliphatic heterocycles. The third kappa shape index (κ3) is 4.39. The molecule has 0 aliphatic carbocycles. The highest BCUT2D eigenvalue weighted by Gasteiger charge is 2.16. The first-order valence-electron chi connectivity index (χ1n) is 6.05. The van der Waals surface area contributed by atoms with Crippen LogP contribution in [0.15, 0.2) is 12.1 Å². The molecule has 1 atom stereocenters. The molecule has 0 bridgehead atoms. The molecular formula is C13H18Cl2FNO. The second-order valence-electron chi connectivity index (χ2n) is 4.22. The second kappa shape index (κ2) is 7.95. The molecule has 0 saturated carbocycles. The van der Waals surface area contributed by atoms with Crippen molar-refractivity contribution in [2.45, 2.75) is 32.2 Å². The summed E-state index contributed by atoms with van der Waals surface area (Å²) in [7, 11) is 0. The van der Waals surface area contributed by atoms with Crippen molar-refractivity contribution in [2.24, 2.45) is 0 Å². The van der Waals surface area contributed by atoms with E-state index in [4.69, 9.17) is 28.3 Å². The fourth-order valence-corrected chi connectivity index (χ4v) is 2.47. The number of halogens is 3. The van der Waals surface area contributed by atoms with Gasteiger partial charge in [0.15, 0.2) is 0 Å². The average Bonchev–Trinajstić information content (AvgIpc) is 2.34. The van der Waals surface area contributed by atoms with E-state index in [1.165, 1.54) is 12.1 Å². The molecule has 1 rings (SSSR count). The minimum absolute atomic E-state index is 0.0814. The van der Waals surface area contributed by atoms with Crippen LogP contribution in [0.2, 0.25) is 10.0 Å². The Kier molecular flexibility index (Phi) is 6.94. The Labute approximate surface area is 117 Å². The van der Waals surface area contributed by atoms with Gasteiger partial charge in [-0.2, -0.15) is 0 Å².